The average Bonchev–Trinajstić information content (AvgIpc) is 2.70. The van der Waals surface area contributed by atoms with E-state index in [4.69, 9.17) is 4.74 Å². The Morgan fingerprint density at radius 2 is 1.62 bits per heavy atom. The summed E-state index contributed by atoms with van der Waals surface area (Å²) in [5, 5.41) is 9.65. The Hall–Kier alpha value is -3.94. The van der Waals surface area contributed by atoms with Crippen LogP contribution in [0.2, 0.25) is 0 Å². The summed E-state index contributed by atoms with van der Waals surface area (Å²) in [6.45, 7) is 1.18. The van der Waals surface area contributed by atoms with E-state index in [0.29, 0.717) is 22.8 Å². The van der Waals surface area contributed by atoms with Gasteiger partial charge in [-0.25, -0.2) is 4.68 Å². The quantitative estimate of drug-likeness (QED) is 0.671. The van der Waals surface area contributed by atoms with Crippen molar-refractivity contribution >= 4 is 23.2 Å². The lowest BCUT2D eigenvalue weighted by Crippen LogP contribution is -2.29. The molecular formula is C21H20N4O4. The molecule has 0 bridgehead atoms. The summed E-state index contributed by atoms with van der Waals surface area (Å²) in [7, 11) is 1.56. The molecule has 0 radical (unpaired) electrons. The average molecular weight is 392 g/mol. The Labute approximate surface area is 167 Å². The van der Waals surface area contributed by atoms with Crippen LogP contribution in [0.25, 0.3) is 11.3 Å². The fraction of sp³-hybridized carbons (Fsp3) is 0.143. The van der Waals surface area contributed by atoms with Gasteiger partial charge in [-0.3, -0.25) is 14.4 Å². The van der Waals surface area contributed by atoms with E-state index >= 15 is 0 Å². The summed E-state index contributed by atoms with van der Waals surface area (Å²) in [4.78, 5) is 35.6. The standard InChI is InChI=1S/C21H20N4O4/c1-14(26)22-15-7-9-16(10-8-15)23-20(27)13-25-21(28)12-11-18(24-25)17-5-3-4-6-19(17)29-2/h3-12H,13H2,1-2H3,(H,22,26)(H,23,27). The molecule has 0 aliphatic heterocycles. The van der Waals surface area contributed by atoms with E-state index in [0.717, 1.165) is 10.2 Å². The van der Waals surface area contributed by atoms with Crippen LogP contribution in [0.4, 0.5) is 11.4 Å². The molecule has 0 atom stereocenters. The SMILES string of the molecule is COc1ccccc1-c1ccc(=O)n(CC(=O)Nc2ccc(NC(C)=O)cc2)n1. The number of anilines is 2. The minimum Gasteiger partial charge on any atom is -0.496 e. The second kappa shape index (κ2) is 8.83. The molecule has 1 heterocycles. The molecule has 0 saturated carbocycles. The van der Waals surface area contributed by atoms with Gasteiger partial charge in [0.1, 0.15) is 12.3 Å². The van der Waals surface area contributed by atoms with E-state index in [1.54, 1.807) is 43.5 Å². The number of methoxy groups -OCH3 is 1. The predicted molar refractivity (Wildman–Crippen MR) is 110 cm³/mol. The van der Waals surface area contributed by atoms with Crippen molar-refractivity contribution in [2.45, 2.75) is 13.5 Å². The van der Waals surface area contributed by atoms with Gasteiger partial charge in [-0.2, -0.15) is 5.10 Å². The molecule has 3 aromatic rings. The number of rotatable bonds is 6. The largest absolute Gasteiger partial charge is 0.496 e. The molecule has 0 spiro atoms. The zero-order valence-corrected chi connectivity index (χ0v) is 16.0. The number of nitrogens with one attached hydrogen (secondary N) is 2. The van der Waals surface area contributed by atoms with E-state index in [9.17, 15) is 14.4 Å². The number of hydrogen-bond acceptors (Lipinski definition) is 5. The molecule has 8 nitrogen and oxygen atoms in total. The molecule has 8 heteroatoms. The van der Waals surface area contributed by atoms with Crippen LogP contribution in [0, 0.1) is 0 Å². The van der Waals surface area contributed by atoms with Crippen LogP contribution in [0.5, 0.6) is 5.75 Å². The summed E-state index contributed by atoms with van der Waals surface area (Å²) in [5.41, 5.74) is 2.02. The van der Waals surface area contributed by atoms with Crippen LogP contribution in [0.3, 0.4) is 0 Å². The van der Waals surface area contributed by atoms with Crippen LogP contribution >= 0.6 is 0 Å². The van der Waals surface area contributed by atoms with Gasteiger partial charge < -0.3 is 15.4 Å². The summed E-state index contributed by atoms with van der Waals surface area (Å²) < 4.78 is 6.43. The minimum atomic E-state index is -0.399. The molecule has 2 aromatic carbocycles. The fourth-order valence-corrected chi connectivity index (χ4v) is 2.74. The second-order valence-electron chi connectivity index (χ2n) is 6.22. The van der Waals surface area contributed by atoms with Gasteiger partial charge in [-0.15, -0.1) is 0 Å². The molecule has 0 saturated heterocycles. The molecule has 2 amide bonds. The third-order valence-corrected chi connectivity index (χ3v) is 4.03. The number of nitrogens with zero attached hydrogens (tertiary/aromatic N) is 2. The lowest BCUT2D eigenvalue weighted by atomic mass is 10.1. The minimum absolute atomic E-state index is 0.179. The van der Waals surface area contributed by atoms with Crippen LogP contribution in [0.15, 0.2) is 65.5 Å². The van der Waals surface area contributed by atoms with Gasteiger partial charge in [0.25, 0.3) is 5.56 Å². The van der Waals surface area contributed by atoms with Crippen LogP contribution in [-0.2, 0) is 16.1 Å². The highest BCUT2D eigenvalue weighted by molar-refractivity contribution is 5.92. The molecule has 0 aliphatic rings. The molecule has 0 unspecified atom stereocenters. The van der Waals surface area contributed by atoms with Crippen molar-refractivity contribution in [2.75, 3.05) is 17.7 Å². The molecule has 29 heavy (non-hydrogen) atoms. The fourth-order valence-electron chi connectivity index (χ4n) is 2.74. The molecule has 3 rings (SSSR count). The third-order valence-electron chi connectivity index (χ3n) is 4.03. The normalized spacial score (nSPS) is 10.3. The van der Waals surface area contributed by atoms with E-state index in [1.165, 1.54) is 13.0 Å². The maximum Gasteiger partial charge on any atom is 0.267 e. The van der Waals surface area contributed by atoms with Crippen LogP contribution in [0.1, 0.15) is 6.92 Å². The number of ether oxygens (including phenoxy) is 1. The first-order valence-electron chi connectivity index (χ1n) is 8.85. The molecule has 0 fully saturated rings. The van der Waals surface area contributed by atoms with Gasteiger partial charge in [0.05, 0.1) is 12.8 Å². The van der Waals surface area contributed by atoms with Crippen molar-refractivity contribution in [1.82, 2.24) is 9.78 Å². The maximum atomic E-state index is 12.4. The Morgan fingerprint density at radius 3 is 2.28 bits per heavy atom. The highest BCUT2D eigenvalue weighted by atomic mass is 16.5. The third kappa shape index (κ3) is 5.07. The van der Waals surface area contributed by atoms with Crippen molar-refractivity contribution in [3.8, 4) is 17.0 Å². The van der Waals surface area contributed by atoms with Gasteiger partial charge in [0, 0.05) is 29.9 Å². The zero-order valence-electron chi connectivity index (χ0n) is 16.0. The molecular weight excluding hydrogens is 372 g/mol. The van der Waals surface area contributed by atoms with Crippen LogP contribution in [-0.4, -0.2) is 28.7 Å². The molecule has 148 valence electrons. The van der Waals surface area contributed by atoms with Crippen molar-refractivity contribution in [3.63, 3.8) is 0 Å². The van der Waals surface area contributed by atoms with Gasteiger partial charge >= 0.3 is 0 Å². The number of carbonyl (C=O) groups excluding carboxylic acids is 2. The van der Waals surface area contributed by atoms with Crippen molar-refractivity contribution < 1.29 is 14.3 Å². The van der Waals surface area contributed by atoms with E-state index in [-0.39, 0.29) is 18.0 Å². The van der Waals surface area contributed by atoms with Crippen molar-refractivity contribution in [3.05, 3.63) is 71.0 Å². The Bertz CT molecular complexity index is 1090. The summed E-state index contributed by atoms with van der Waals surface area (Å²) in [6.07, 6.45) is 0. The number of amides is 2. The van der Waals surface area contributed by atoms with E-state index in [1.807, 2.05) is 18.2 Å². The number of aromatic nitrogens is 2. The van der Waals surface area contributed by atoms with Gasteiger partial charge in [0.15, 0.2) is 0 Å². The second-order valence-corrected chi connectivity index (χ2v) is 6.22. The Balaban J connectivity index is 1.75. The summed E-state index contributed by atoms with van der Waals surface area (Å²) >= 11 is 0. The van der Waals surface area contributed by atoms with Gasteiger partial charge in [-0.05, 0) is 42.5 Å². The number of para-hydroxylation sites is 1. The van der Waals surface area contributed by atoms with E-state index < -0.39 is 5.91 Å². The predicted octanol–water partition coefficient (Wildman–Crippen LogP) is 2.52. The zero-order chi connectivity index (χ0) is 20.8. The first-order valence-corrected chi connectivity index (χ1v) is 8.85. The lowest BCUT2D eigenvalue weighted by Gasteiger charge is -2.11. The first kappa shape index (κ1) is 19.8. The number of hydrogen-bond donors (Lipinski definition) is 2. The number of benzene rings is 2. The Morgan fingerprint density at radius 1 is 0.966 bits per heavy atom. The molecule has 0 aliphatic carbocycles. The summed E-state index contributed by atoms with van der Waals surface area (Å²) in [6, 6.07) is 16.9. The van der Waals surface area contributed by atoms with Gasteiger partial charge in [0.2, 0.25) is 11.8 Å². The monoisotopic (exact) mass is 392 g/mol. The Kier molecular flexibility index (Phi) is 6.03. The highest BCUT2D eigenvalue weighted by Crippen LogP contribution is 2.27. The van der Waals surface area contributed by atoms with E-state index in [2.05, 4.69) is 15.7 Å². The topological polar surface area (TPSA) is 102 Å². The maximum absolute atomic E-state index is 12.4. The van der Waals surface area contributed by atoms with Crippen LogP contribution < -0.4 is 20.9 Å². The van der Waals surface area contributed by atoms with Crippen molar-refractivity contribution in [1.29, 1.82) is 0 Å². The van der Waals surface area contributed by atoms with Gasteiger partial charge in [-0.1, -0.05) is 12.1 Å². The van der Waals surface area contributed by atoms with Crippen molar-refractivity contribution in [2.24, 2.45) is 0 Å². The molecule has 1 aromatic heterocycles. The smallest absolute Gasteiger partial charge is 0.267 e. The summed E-state index contributed by atoms with van der Waals surface area (Å²) in [5.74, 6) is 0.0418. The molecule has 2 N–H and O–H groups in total. The number of carbonyl (C=O) groups is 2. The highest BCUT2D eigenvalue weighted by Gasteiger charge is 2.11. The first-order chi connectivity index (χ1) is 14.0. The lowest BCUT2D eigenvalue weighted by molar-refractivity contribution is -0.117.